The van der Waals surface area contributed by atoms with Gasteiger partial charge in [0.25, 0.3) is 0 Å². The fourth-order valence-electron chi connectivity index (χ4n) is 1.88. The summed E-state index contributed by atoms with van der Waals surface area (Å²) in [5.74, 6) is -0.967. The normalized spacial score (nSPS) is 22.1. The van der Waals surface area contributed by atoms with E-state index in [4.69, 9.17) is 0 Å². The molecule has 0 spiro atoms. The Hall–Kier alpha value is -1.34. The van der Waals surface area contributed by atoms with E-state index in [1.54, 1.807) is 6.92 Å². The SMILES string of the molecule is CC1CN(S(=O)(=O)c2cncc(F)c2)CCC1=O. The summed E-state index contributed by atoms with van der Waals surface area (Å²) in [5, 5.41) is 0. The van der Waals surface area contributed by atoms with E-state index >= 15 is 0 Å². The van der Waals surface area contributed by atoms with Crippen molar-refractivity contribution in [1.82, 2.24) is 9.29 Å². The fraction of sp³-hybridized carbons (Fsp3) is 0.455. The molecule has 1 aromatic heterocycles. The van der Waals surface area contributed by atoms with Crippen LogP contribution in [-0.2, 0) is 14.8 Å². The summed E-state index contributed by atoms with van der Waals surface area (Å²) in [4.78, 5) is 14.7. The highest BCUT2D eigenvalue weighted by atomic mass is 32.2. The third-order valence-electron chi connectivity index (χ3n) is 2.95. The molecule has 5 nitrogen and oxygen atoms in total. The summed E-state index contributed by atoms with van der Waals surface area (Å²) in [6.45, 7) is 1.97. The van der Waals surface area contributed by atoms with E-state index < -0.39 is 15.8 Å². The maximum atomic E-state index is 13.0. The van der Waals surface area contributed by atoms with Gasteiger partial charge in [0, 0.05) is 31.6 Å². The van der Waals surface area contributed by atoms with Crippen LogP contribution in [0.3, 0.4) is 0 Å². The monoisotopic (exact) mass is 272 g/mol. The number of ketones is 1. The molecular weight excluding hydrogens is 259 g/mol. The molecule has 1 aliphatic heterocycles. The van der Waals surface area contributed by atoms with Gasteiger partial charge in [-0.3, -0.25) is 9.78 Å². The number of sulfonamides is 1. The Morgan fingerprint density at radius 3 is 2.78 bits per heavy atom. The van der Waals surface area contributed by atoms with Crippen molar-refractivity contribution in [3.05, 3.63) is 24.3 Å². The lowest BCUT2D eigenvalue weighted by Gasteiger charge is -2.28. The Kier molecular flexibility index (Phi) is 3.45. The van der Waals surface area contributed by atoms with Crippen LogP contribution in [0.5, 0.6) is 0 Å². The first-order chi connectivity index (χ1) is 8.41. The second-order valence-electron chi connectivity index (χ2n) is 4.32. The van der Waals surface area contributed by atoms with Gasteiger partial charge in [-0.15, -0.1) is 0 Å². The van der Waals surface area contributed by atoms with Gasteiger partial charge < -0.3 is 0 Å². The van der Waals surface area contributed by atoms with Gasteiger partial charge in [-0.25, -0.2) is 12.8 Å². The third-order valence-corrected chi connectivity index (χ3v) is 4.78. The molecule has 0 N–H and O–H groups in total. The molecule has 7 heteroatoms. The predicted molar refractivity (Wildman–Crippen MR) is 61.7 cm³/mol. The Morgan fingerprint density at radius 2 is 2.17 bits per heavy atom. The van der Waals surface area contributed by atoms with E-state index in [0.717, 1.165) is 18.5 Å². The number of hydrogen-bond acceptors (Lipinski definition) is 4. The van der Waals surface area contributed by atoms with Crippen LogP contribution in [0, 0.1) is 11.7 Å². The molecule has 1 aliphatic rings. The summed E-state index contributed by atoms with van der Waals surface area (Å²) in [5.41, 5.74) is 0. The molecular formula is C11H13FN2O3S. The summed E-state index contributed by atoms with van der Waals surface area (Å²) >= 11 is 0. The highest BCUT2D eigenvalue weighted by molar-refractivity contribution is 7.89. The van der Waals surface area contributed by atoms with Gasteiger partial charge in [-0.1, -0.05) is 6.92 Å². The topological polar surface area (TPSA) is 67.3 Å². The van der Waals surface area contributed by atoms with E-state index in [1.807, 2.05) is 0 Å². The largest absolute Gasteiger partial charge is 0.299 e. The molecule has 0 bridgehead atoms. The Balaban J connectivity index is 2.29. The summed E-state index contributed by atoms with van der Waals surface area (Å²) in [6, 6.07) is 0.934. The van der Waals surface area contributed by atoms with E-state index in [-0.39, 0.29) is 36.1 Å². The molecule has 0 saturated carbocycles. The first-order valence-electron chi connectivity index (χ1n) is 5.54. The number of piperidine rings is 1. The predicted octanol–water partition coefficient (Wildman–Crippen LogP) is 0.820. The first-order valence-corrected chi connectivity index (χ1v) is 6.98. The maximum absolute atomic E-state index is 13.0. The van der Waals surface area contributed by atoms with Crippen molar-refractivity contribution in [2.45, 2.75) is 18.2 Å². The zero-order chi connectivity index (χ0) is 13.3. The van der Waals surface area contributed by atoms with Crippen molar-refractivity contribution in [3.8, 4) is 0 Å². The molecule has 0 aliphatic carbocycles. The third kappa shape index (κ3) is 2.41. The molecule has 1 saturated heterocycles. The van der Waals surface area contributed by atoms with Gasteiger partial charge in [0.1, 0.15) is 16.5 Å². The molecule has 1 unspecified atom stereocenters. The number of rotatable bonds is 2. The average molecular weight is 272 g/mol. The summed E-state index contributed by atoms with van der Waals surface area (Å²) in [6.07, 6.45) is 2.25. The Bertz CT molecular complexity index is 573. The van der Waals surface area contributed by atoms with Gasteiger partial charge in [0.05, 0.1) is 6.20 Å². The molecule has 1 fully saturated rings. The highest BCUT2D eigenvalue weighted by Gasteiger charge is 2.32. The second-order valence-corrected chi connectivity index (χ2v) is 6.26. The number of carbonyl (C=O) groups excluding carboxylic acids is 1. The Labute approximate surface area is 105 Å². The van der Waals surface area contributed by atoms with Crippen molar-refractivity contribution < 1.29 is 17.6 Å². The number of pyridine rings is 1. The highest BCUT2D eigenvalue weighted by Crippen LogP contribution is 2.21. The maximum Gasteiger partial charge on any atom is 0.244 e. The quantitative estimate of drug-likeness (QED) is 0.799. The first kappa shape index (κ1) is 13.1. The summed E-state index contributed by atoms with van der Waals surface area (Å²) < 4.78 is 38.6. The molecule has 2 rings (SSSR count). The molecule has 18 heavy (non-hydrogen) atoms. The van der Waals surface area contributed by atoms with E-state index in [0.29, 0.717) is 0 Å². The van der Waals surface area contributed by atoms with Crippen molar-refractivity contribution in [1.29, 1.82) is 0 Å². The smallest absolute Gasteiger partial charge is 0.244 e. The van der Waals surface area contributed by atoms with Crippen molar-refractivity contribution in [2.24, 2.45) is 5.92 Å². The number of carbonyl (C=O) groups is 1. The van der Waals surface area contributed by atoms with Gasteiger partial charge in [0.15, 0.2) is 0 Å². The Morgan fingerprint density at radius 1 is 1.44 bits per heavy atom. The van der Waals surface area contributed by atoms with Crippen molar-refractivity contribution in [3.63, 3.8) is 0 Å². The van der Waals surface area contributed by atoms with Crippen LogP contribution >= 0.6 is 0 Å². The molecule has 0 radical (unpaired) electrons. The standard InChI is InChI=1S/C11H13FN2O3S/c1-8-7-14(3-2-11(8)15)18(16,17)10-4-9(12)5-13-6-10/h4-6,8H,2-3,7H2,1H3. The number of Topliss-reactive ketones (excluding diaryl/α,β-unsaturated/α-hetero) is 1. The van der Waals surface area contributed by atoms with E-state index in [1.165, 1.54) is 4.31 Å². The molecule has 2 heterocycles. The van der Waals surface area contributed by atoms with Crippen molar-refractivity contribution >= 4 is 15.8 Å². The zero-order valence-electron chi connectivity index (χ0n) is 9.84. The fourth-order valence-corrected chi connectivity index (χ4v) is 3.39. The van der Waals surface area contributed by atoms with Crippen LogP contribution in [0.2, 0.25) is 0 Å². The van der Waals surface area contributed by atoms with Gasteiger partial charge in [-0.05, 0) is 6.07 Å². The van der Waals surface area contributed by atoms with E-state index in [9.17, 15) is 17.6 Å². The van der Waals surface area contributed by atoms with Gasteiger partial charge in [0.2, 0.25) is 10.0 Å². The number of nitrogens with zero attached hydrogens (tertiary/aromatic N) is 2. The van der Waals surface area contributed by atoms with Crippen LogP contribution in [0.15, 0.2) is 23.4 Å². The minimum absolute atomic E-state index is 0.0545. The lowest BCUT2D eigenvalue weighted by atomic mass is 10.0. The van der Waals surface area contributed by atoms with Crippen molar-refractivity contribution in [2.75, 3.05) is 13.1 Å². The van der Waals surface area contributed by atoms with Crippen LogP contribution in [0.25, 0.3) is 0 Å². The van der Waals surface area contributed by atoms with E-state index in [2.05, 4.69) is 4.98 Å². The lowest BCUT2D eigenvalue weighted by Crippen LogP contribution is -2.43. The molecule has 1 aromatic rings. The molecule has 0 amide bonds. The molecule has 98 valence electrons. The lowest BCUT2D eigenvalue weighted by molar-refractivity contribution is -0.124. The van der Waals surface area contributed by atoms with Crippen LogP contribution < -0.4 is 0 Å². The van der Waals surface area contributed by atoms with Gasteiger partial charge in [-0.2, -0.15) is 4.31 Å². The minimum Gasteiger partial charge on any atom is -0.299 e. The number of aromatic nitrogens is 1. The van der Waals surface area contributed by atoms with Gasteiger partial charge >= 0.3 is 0 Å². The zero-order valence-corrected chi connectivity index (χ0v) is 10.7. The number of halogens is 1. The van der Waals surface area contributed by atoms with Crippen LogP contribution in [-0.4, -0.2) is 36.6 Å². The average Bonchev–Trinajstić information content (AvgIpc) is 2.32. The minimum atomic E-state index is -3.76. The van der Waals surface area contributed by atoms with Crippen LogP contribution in [0.1, 0.15) is 13.3 Å². The summed E-state index contributed by atoms with van der Waals surface area (Å²) in [7, 11) is -3.76. The number of hydrogen-bond donors (Lipinski definition) is 0. The molecule has 1 atom stereocenters. The second kappa shape index (κ2) is 4.74. The van der Waals surface area contributed by atoms with Crippen LogP contribution in [0.4, 0.5) is 4.39 Å². The molecule has 0 aromatic carbocycles.